The number of furan rings is 2. The topological polar surface area (TPSA) is 32.8 Å². The minimum atomic E-state index is 0.0610. The molecule has 7 aromatic carbocycles. The van der Waals surface area contributed by atoms with Crippen molar-refractivity contribution in [2.24, 2.45) is 0 Å². The van der Waals surface area contributed by atoms with E-state index < -0.39 is 0 Å². The Labute approximate surface area is 289 Å². The Kier molecular flexibility index (Phi) is 5.63. The summed E-state index contributed by atoms with van der Waals surface area (Å²) in [5, 5.41) is 4.52. The molecule has 236 valence electrons. The zero-order valence-corrected chi connectivity index (χ0v) is 27.7. The van der Waals surface area contributed by atoms with E-state index in [0.717, 1.165) is 55.3 Å². The first-order chi connectivity index (χ1) is 24.6. The highest BCUT2D eigenvalue weighted by molar-refractivity contribution is 7.00. The van der Waals surface area contributed by atoms with Gasteiger partial charge in [0.05, 0.1) is 5.69 Å². The van der Waals surface area contributed by atoms with E-state index in [-0.39, 0.29) is 6.71 Å². The van der Waals surface area contributed by atoms with Crippen LogP contribution in [0.15, 0.2) is 154 Å². The Bertz CT molecular complexity index is 2850. The molecule has 5 heteroatoms. The molecule has 4 heterocycles. The van der Waals surface area contributed by atoms with Crippen molar-refractivity contribution in [1.82, 2.24) is 0 Å². The lowest BCUT2D eigenvalue weighted by atomic mass is 9.33. The van der Waals surface area contributed by atoms with E-state index in [1.165, 1.54) is 44.7 Å². The number of hydrogen-bond donors (Lipinski definition) is 0. The quantitative estimate of drug-likeness (QED) is 0.180. The van der Waals surface area contributed by atoms with Gasteiger partial charge in [-0.2, -0.15) is 0 Å². The predicted molar refractivity (Wildman–Crippen MR) is 209 cm³/mol. The lowest BCUT2D eigenvalue weighted by molar-refractivity contribution is 0.668. The molecule has 9 aromatic rings. The number of rotatable bonds is 3. The van der Waals surface area contributed by atoms with Gasteiger partial charge in [0, 0.05) is 56.0 Å². The Balaban J connectivity index is 1.23. The molecule has 2 aliphatic heterocycles. The fourth-order valence-electron chi connectivity index (χ4n) is 8.55. The Morgan fingerprint density at radius 2 is 1.02 bits per heavy atom. The summed E-state index contributed by atoms with van der Waals surface area (Å²) in [7, 11) is 0. The third-order valence-electron chi connectivity index (χ3n) is 10.8. The minimum absolute atomic E-state index is 0.0610. The summed E-state index contributed by atoms with van der Waals surface area (Å²) in [6, 6.07) is 52.5. The van der Waals surface area contributed by atoms with Crippen LogP contribution in [0, 0.1) is 0 Å². The van der Waals surface area contributed by atoms with Gasteiger partial charge in [0.15, 0.2) is 5.58 Å². The van der Waals surface area contributed by atoms with E-state index in [1.54, 1.807) is 0 Å². The van der Waals surface area contributed by atoms with Crippen LogP contribution in [0.5, 0.6) is 0 Å². The minimum Gasteiger partial charge on any atom is -0.456 e. The highest BCUT2D eigenvalue weighted by Crippen LogP contribution is 2.48. The third-order valence-corrected chi connectivity index (χ3v) is 10.8. The second-order valence-corrected chi connectivity index (χ2v) is 13.9. The van der Waals surface area contributed by atoms with Crippen LogP contribution >= 0.6 is 0 Å². The zero-order chi connectivity index (χ0) is 33.1. The standard InChI is InChI=1S/C45H31BN2O2/c1-27(2)28-24-39-44-40(25-28)48(38-19-11-14-33-31-13-4-10-21-42(31)50-45(33)38)37-18-8-6-16-35(37)46(44)34-15-5-7-17-36(34)47(39)29-22-23-32-30-12-3-9-20-41(30)49-43(32)26-29/h3-27H,1-2H3. The summed E-state index contributed by atoms with van der Waals surface area (Å²) in [4.78, 5) is 4.91. The number of para-hydroxylation sites is 5. The fraction of sp³-hybridized carbons (Fsp3) is 0.0667. The van der Waals surface area contributed by atoms with E-state index in [9.17, 15) is 0 Å². The lowest BCUT2D eigenvalue weighted by Crippen LogP contribution is -2.61. The van der Waals surface area contributed by atoms with Crippen molar-refractivity contribution < 1.29 is 8.83 Å². The normalized spacial score (nSPS) is 13.5. The average Bonchev–Trinajstić information content (AvgIpc) is 3.73. The third kappa shape index (κ3) is 3.72. The van der Waals surface area contributed by atoms with Gasteiger partial charge in [0.1, 0.15) is 16.7 Å². The van der Waals surface area contributed by atoms with Crippen LogP contribution in [0.3, 0.4) is 0 Å². The maximum absolute atomic E-state index is 6.69. The number of hydrogen-bond acceptors (Lipinski definition) is 4. The summed E-state index contributed by atoms with van der Waals surface area (Å²) in [6.07, 6.45) is 0. The summed E-state index contributed by atoms with van der Waals surface area (Å²) >= 11 is 0. The molecule has 0 saturated carbocycles. The summed E-state index contributed by atoms with van der Waals surface area (Å²) in [5.74, 6) is 0.313. The Morgan fingerprint density at radius 1 is 0.460 bits per heavy atom. The second kappa shape index (κ2) is 10.2. The van der Waals surface area contributed by atoms with Crippen molar-refractivity contribution in [3.8, 4) is 0 Å². The molecule has 0 bridgehead atoms. The molecular formula is C45H31BN2O2. The number of anilines is 6. The van der Waals surface area contributed by atoms with Gasteiger partial charge < -0.3 is 18.6 Å². The van der Waals surface area contributed by atoms with Crippen molar-refractivity contribution in [1.29, 1.82) is 0 Å². The zero-order valence-electron chi connectivity index (χ0n) is 27.7. The van der Waals surface area contributed by atoms with E-state index in [1.807, 2.05) is 18.2 Å². The van der Waals surface area contributed by atoms with Crippen LogP contribution in [-0.2, 0) is 0 Å². The molecule has 2 aliphatic rings. The van der Waals surface area contributed by atoms with Crippen molar-refractivity contribution in [2.75, 3.05) is 9.80 Å². The Hall–Kier alpha value is -6.20. The molecule has 0 atom stereocenters. The van der Waals surface area contributed by atoms with Gasteiger partial charge in [-0.1, -0.05) is 98.8 Å². The molecule has 0 N–H and O–H groups in total. The SMILES string of the molecule is CC(C)c1cc2c3c(c1)N(c1cccc4c1oc1ccccc14)c1ccccc1B3c1ccccc1N2c1ccc2c(c1)oc1ccccc12. The maximum atomic E-state index is 6.69. The largest absolute Gasteiger partial charge is 0.456 e. The molecule has 0 amide bonds. The first-order valence-electron chi connectivity index (χ1n) is 17.4. The highest BCUT2D eigenvalue weighted by Gasteiger charge is 2.44. The molecule has 4 nitrogen and oxygen atoms in total. The van der Waals surface area contributed by atoms with Gasteiger partial charge in [-0.05, 0) is 82.5 Å². The van der Waals surface area contributed by atoms with Crippen LogP contribution in [0.1, 0.15) is 25.3 Å². The molecule has 11 rings (SSSR count). The number of benzene rings is 7. The molecule has 0 unspecified atom stereocenters. The molecule has 0 aliphatic carbocycles. The van der Waals surface area contributed by atoms with E-state index in [4.69, 9.17) is 8.83 Å². The first kappa shape index (κ1) is 27.7. The maximum Gasteiger partial charge on any atom is 0.252 e. The molecule has 2 aromatic heterocycles. The Morgan fingerprint density at radius 3 is 1.76 bits per heavy atom. The van der Waals surface area contributed by atoms with Crippen LogP contribution in [0.2, 0.25) is 0 Å². The van der Waals surface area contributed by atoms with Crippen LogP contribution in [-0.4, -0.2) is 6.71 Å². The van der Waals surface area contributed by atoms with Crippen LogP contribution < -0.4 is 26.2 Å². The molecule has 50 heavy (non-hydrogen) atoms. The summed E-state index contributed by atoms with van der Waals surface area (Å²) in [6.45, 7) is 4.63. The number of nitrogens with zero attached hydrogens (tertiary/aromatic N) is 2. The highest BCUT2D eigenvalue weighted by atomic mass is 16.3. The monoisotopic (exact) mass is 642 g/mol. The molecule has 0 radical (unpaired) electrons. The first-order valence-corrected chi connectivity index (χ1v) is 17.4. The molecule has 0 spiro atoms. The van der Waals surface area contributed by atoms with Gasteiger partial charge in [-0.15, -0.1) is 0 Å². The van der Waals surface area contributed by atoms with Crippen LogP contribution in [0.25, 0.3) is 43.9 Å². The second-order valence-electron chi connectivity index (χ2n) is 13.9. The van der Waals surface area contributed by atoms with Crippen LogP contribution in [0.4, 0.5) is 34.1 Å². The van der Waals surface area contributed by atoms with E-state index >= 15 is 0 Å². The van der Waals surface area contributed by atoms with Crippen molar-refractivity contribution in [3.05, 3.63) is 151 Å². The smallest absolute Gasteiger partial charge is 0.252 e. The van der Waals surface area contributed by atoms with Gasteiger partial charge in [-0.25, -0.2) is 0 Å². The fourth-order valence-corrected chi connectivity index (χ4v) is 8.55. The molecule has 0 fully saturated rings. The van der Waals surface area contributed by atoms with Gasteiger partial charge >= 0.3 is 0 Å². The van der Waals surface area contributed by atoms with Crippen molar-refractivity contribution >= 4 is 101 Å². The average molecular weight is 643 g/mol. The summed E-state index contributed by atoms with van der Waals surface area (Å²) in [5.41, 5.74) is 15.6. The van der Waals surface area contributed by atoms with Gasteiger partial charge in [-0.3, -0.25) is 0 Å². The van der Waals surface area contributed by atoms with Crippen molar-refractivity contribution in [2.45, 2.75) is 19.8 Å². The predicted octanol–water partition coefficient (Wildman–Crippen LogP) is 10.7. The van der Waals surface area contributed by atoms with E-state index in [2.05, 4.69) is 151 Å². The van der Waals surface area contributed by atoms with Gasteiger partial charge in [0.2, 0.25) is 0 Å². The van der Waals surface area contributed by atoms with Gasteiger partial charge in [0.25, 0.3) is 6.71 Å². The molecular weight excluding hydrogens is 611 g/mol. The number of fused-ring (bicyclic) bond motifs is 10. The summed E-state index contributed by atoms with van der Waals surface area (Å²) < 4.78 is 13.1. The molecule has 0 saturated heterocycles. The van der Waals surface area contributed by atoms with Crippen molar-refractivity contribution in [3.63, 3.8) is 0 Å². The lowest BCUT2D eigenvalue weighted by Gasteiger charge is -2.44. The van der Waals surface area contributed by atoms with E-state index in [0.29, 0.717) is 5.92 Å².